The minimum atomic E-state index is -0.327. The first-order chi connectivity index (χ1) is 9.10. The van der Waals surface area contributed by atoms with Gasteiger partial charge in [-0.2, -0.15) is 4.98 Å². The fraction of sp³-hybridized carbons (Fsp3) is 0.250. The van der Waals surface area contributed by atoms with E-state index in [0.717, 1.165) is 0 Å². The number of aromatic nitrogens is 2. The van der Waals surface area contributed by atoms with Crippen LogP contribution in [-0.4, -0.2) is 23.2 Å². The Morgan fingerprint density at radius 1 is 1.53 bits per heavy atom. The van der Waals surface area contributed by atoms with E-state index in [1.807, 2.05) is 0 Å². The summed E-state index contributed by atoms with van der Waals surface area (Å²) >= 11 is 0. The van der Waals surface area contributed by atoms with Crippen molar-refractivity contribution < 1.29 is 14.1 Å². The first kappa shape index (κ1) is 12.9. The maximum Gasteiger partial charge on any atom is 0.253 e. The van der Waals surface area contributed by atoms with Crippen LogP contribution in [0.5, 0.6) is 5.75 Å². The SMILES string of the molecule is COc1ccc(N)c(C(=O)NCc2nc(C)no2)c1. The maximum atomic E-state index is 12.0. The number of amides is 1. The summed E-state index contributed by atoms with van der Waals surface area (Å²) in [6.45, 7) is 1.85. The molecule has 7 heteroatoms. The number of methoxy groups -OCH3 is 1. The van der Waals surface area contributed by atoms with Crippen LogP contribution in [0.2, 0.25) is 0 Å². The molecule has 7 nitrogen and oxygen atoms in total. The normalized spacial score (nSPS) is 10.2. The molecule has 0 bridgehead atoms. The summed E-state index contributed by atoms with van der Waals surface area (Å²) in [6, 6.07) is 4.88. The van der Waals surface area contributed by atoms with Crippen LogP contribution in [0.4, 0.5) is 5.69 Å². The van der Waals surface area contributed by atoms with Crippen LogP contribution >= 0.6 is 0 Å². The first-order valence-corrected chi connectivity index (χ1v) is 5.61. The number of nitrogen functional groups attached to an aromatic ring is 1. The molecule has 0 unspecified atom stereocenters. The molecule has 0 fully saturated rings. The minimum Gasteiger partial charge on any atom is -0.497 e. The van der Waals surface area contributed by atoms with Crippen LogP contribution in [0.3, 0.4) is 0 Å². The largest absolute Gasteiger partial charge is 0.497 e. The number of carbonyl (C=O) groups excluding carboxylic acids is 1. The lowest BCUT2D eigenvalue weighted by molar-refractivity contribution is 0.0947. The second kappa shape index (κ2) is 5.38. The Hall–Kier alpha value is -2.57. The number of hydrogen-bond acceptors (Lipinski definition) is 6. The summed E-state index contributed by atoms with van der Waals surface area (Å²) in [5.74, 6) is 1.10. The lowest BCUT2D eigenvalue weighted by Gasteiger charge is -2.07. The van der Waals surface area contributed by atoms with Crippen molar-refractivity contribution in [2.24, 2.45) is 0 Å². The van der Waals surface area contributed by atoms with E-state index in [0.29, 0.717) is 28.7 Å². The van der Waals surface area contributed by atoms with Crippen LogP contribution in [-0.2, 0) is 6.54 Å². The van der Waals surface area contributed by atoms with Gasteiger partial charge in [-0.25, -0.2) is 0 Å². The van der Waals surface area contributed by atoms with Crippen molar-refractivity contribution in [3.63, 3.8) is 0 Å². The average Bonchev–Trinajstić information content (AvgIpc) is 2.82. The van der Waals surface area contributed by atoms with Crippen molar-refractivity contribution in [3.8, 4) is 5.75 Å². The van der Waals surface area contributed by atoms with Gasteiger partial charge in [-0.15, -0.1) is 0 Å². The van der Waals surface area contributed by atoms with Gasteiger partial charge in [-0.1, -0.05) is 5.16 Å². The molecule has 100 valence electrons. The maximum absolute atomic E-state index is 12.0. The van der Waals surface area contributed by atoms with Gasteiger partial charge >= 0.3 is 0 Å². The highest BCUT2D eigenvalue weighted by molar-refractivity contribution is 5.99. The van der Waals surface area contributed by atoms with E-state index in [2.05, 4.69) is 15.5 Å². The second-order valence-electron chi connectivity index (χ2n) is 3.87. The summed E-state index contributed by atoms with van der Waals surface area (Å²) in [7, 11) is 1.52. The molecule has 19 heavy (non-hydrogen) atoms. The third kappa shape index (κ3) is 3.01. The topological polar surface area (TPSA) is 103 Å². The van der Waals surface area contributed by atoms with Gasteiger partial charge in [0.15, 0.2) is 5.82 Å². The van der Waals surface area contributed by atoms with Crippen LogP contribution in [0.1, 0.15) is 22.1 Å². The smallest absolute Gasteiger partial charge is 0.253 e. The number of rotatable bonds is 4. The van der Waals surface area contributed by atoms with Crippen LogP contribution in [0, 0.1) is 6.92 Å². The molecule has 1 aromatic heterocycles. The fourth-order valence-corrected chi connectivity index (χ4v) is 1.52. The molecular weight excluding hydrogens is 248 g/mol. The Morgan fingerprint density at radius 2 is 2.32 bits per heavy atom. The van der Waals surface area contributed by atoms with Crippen molar-refractivity contribution in [1.29, 1.82) is 0 Å². The predicted octanol–water partition coefficient (Wildman–Crippen LogP) is 0.899. The number of aryl methyl sites for hydroxylation is 1. The highest BCUT2D eigenvalue weighted by Crippen LogP contribution is 2.19. The molecule has 1 heterocycles. The number of ether oxygens (including phenoxy) is 1. The van der Waals surface area contributed by atoms with Crippen molar-refractivity contribution in [2.45, 2.75) is 13.5 Å². The van der Waals surface area contributed by atoms with E-state index in [4.69, 9.17) is 15.0 Å². The van der Waals surface area contributed by atoms with E-state index in [9.17, 15) is 4.79 Å². The predicted molar refractivity (Wildman–Crippen MR) is 67.6 cm³/mol. The quantitative estimate of drug-likeness (QED) is 0.793. The van der Waals surface area contributed by atoms with Crippen molar-refractivity contribution >= 4 is 11.6 Å². The number of carbonyl (C=O) groups is 1. The molecule has 0 aliphatic rings. The van der Waals surface area contributed by atoms with Gasteiger partial charge in [0.2, 0.25) is 5.89 Å². The van der Waals surface area contributed by atoms with Gasteiger partial charge in [0, 0.05) is 5.69 Å². The standard InChI is InChI=1S/C12H14N4O3/c1-7-15-11(19-16-7)6-14-12(17)9-5-8(18-2)3-4-10(9)13/h3-5H,6,13H2,1-2H3,(H,14,17). The number of nitrogens with one attached hydrogen (secondary N) is 1. The summed E-state index contributed by atoms with van der Waals surface area (Å²) in [5, 5.41) is 6.28. The lowest BCUT2D eigenvalue weighted by atomic mass is 10.1. The molecule has 0 aliphatic carbocycles. The van der Waals surface area contributed by atoms with E-state index < -0.39 is 0 Å². The Morgan fingerprint density at radius 3 is 2.95 bits per heavy atom. The van der Waals surface area contributed by atoms with Gasteiger partial charge in [-0.3, -0.25) is 4.79 Å². The molecule has 1 amide bonds. The van der Waals surface area contributed by atoms with Crippen LogP contribution in [0.25, 0.3) is 0 Å². The molecule has 0 saturated heterocycles. The average molecular weight is 262 g/mol. The molecule has 0 atom stereocenters. The molecule has 0 aliphatic heterocycles. The van der Waals surface area contributed by atoms with Crippen LogP contribution in [0.15, 0.2) is 22.7 Å². The number of anilines is 1. The van der Waals surface area contributed by atoms with E-state index in [-0.39, 0.29) is 12.5 Å². The van der Waals surface area contributed by atoms with Gasteiger partial charge < -0.3 is 20.3 Å². The van der Waals surface area contributed by atoms with Crippen LogP contribution < -0.4 is 15.8 Å². The van der Waals surface area contributed by atoms with Gasteiger partial charge in [-0.05, 0) is 25.1 Å². The Balaban J connectivity index is 2.07. The summed E-state index contributed by atoms with van der Waals surface area (Å²) < 4.78 is 9.94. The lowest BCUT2D eigenvalue weighted by Crippen LogP contribution is -2.24. The zero-order valence-corrected chi connectivity index (χ0v) is 10.6. The number of hydrogen-bond donors (Lipinski definition) is 2. The number of nitrogens with two attached hydrogens (primary N) is 1. The van der Waals surface area contributed by atoms with Gasteiger partial charge in [0.25, 0.3) is 5.91 Å². The molecule has 0 radical (unpaired) electrons. The van der Waals surface area contributed by atoms with Crippen molar-refractivity contribution in [3.05, 3.63) is 35.5 Å². The Labute approximate surface area is 109 Å². The molecule has 2 rings (SSSR count). The molecule has 2 aromatic rings. The summed E-state index contributed by atoms with van der Waals surface area (Å²) in [4.78, 5) is 16.0. The third-order valence-electron chi connectivity index (χ3n) is 2.47. The first-order valence-electron chi connectivity index (χ1n) is 5.61. The van der Waals surface area contributed by atoms with E-state index in [1.54, 1.807) is 25.1 Å². The molecule has 1 aromatic carbocycles. The van der Waals surface area contributed by atoms with Crippen molar-refractivity contribution in [1.82, 2.24) is 15.5 Å². The van der Waals surface area contributed by atoms with Crippen molar-refractivity contribution in [2.75, 3.05) is 12.8 Å². The Bertz CT molecular complexity index is 594. The monoisotopic (exact) mass is 262 g/mol. The summed E-state index contributed by atoms with van der Waals surface area (Å²) in [6.07, 6.45) is 0. The van der Waals surface area contributed by atoms with Gasteiger partial charge in [0.05, 0.1) is 19.2 Å². The van der Waals surface area contributed by atoms with E-state index in [1.165, 1.54) is 7.11 Å². The number of benzene rings is 1. The number of nitrogens with zero attached hydrogens (tertiary/aromatic N) is 2. The molecular formula is C12H14N4O3. The minimum absolute atomic E-state index is 0.149. The summed E-state index contributed by atoms with van der Waals surface area (Å²) in [5.41, 5.74) is 6.47. The van der Waals surface area contributed by atoms with Gasteiger partial charge in [0.1, 0.15) is 5.75 Å². The zero-order chi connectivity index (χ0) is 13.8. The zero-order valence-electron chi connectivity index (χ0n) is 10.6. The Kier molecular flexibility index (Phi) is 3.65. The second-order valence-corrected chi connectivity index (χ2v) is 3.87. The highest BCUT2D eigenvalue weighted by Gasteiger charge is 2.12. The fourth-order valence-electron chi connectivity index (χ4n) is 1.52. The van der Waals surface area contributed by atoms with E-state index >= 15 is 0 Å². The molecule has 0 saturated carbocycles. The highest BCUT2D eigenvalue weighted by atomic mass is 16.5. The third-order valence-corrected chi connectivity index (χ3v) is 2.47. The molecule has 0 spiro atoms. The molecule has 3 N–H and O–H groups in total.